The lowest BCUT2D eigenvalue weighted by Crippen LogP contribution is -2.47. The van der Waals surface area contributed by atoms with E-state index in [1.807, 2.05) is 6.20 Å². The van der Waals surface area contributed by atoms with Crippen molar-refractivity contribution in [1.82, 2.24) is 15.2 Å². The first kappa shape index (κ1) is 28.5. The predicted octanol–water partition coefficient (Wildman–Crippen LogP) is 5.42. The SMILES string of the molecule is O=C(Nc1ccc(C(=O)NC2CCC(CCN3CCN(c4nccc5c4OCC5)CC3)CC2)cc1)c1ccc(Cl)cc1. The monoisotopic (exact) mass is 587 g/mol. The Balaban J connectivity index is 0.894. The van der Waals surface area contributed by atoms with Gasteiger partial charge in [0.15, 0.2) is 11.6 Å². The van der Waals surface area contributed by atoms with Gasteiger partial charge in [0.2, 0.25) is 0 Å². The fraction of sp³-hybridized carbons (Fsp3) is 0.424. The number of nitrogens with zero attached hydrogens (tertiary/aromatic N) is 3. The first-order valence-electron chi connectivity index (χ1n) is 15.1. The van der Waals surface area contributed by atoms with E-state index in [4.69, 9.17) is 16.3 Å². The van der Waals surface area contributed by atoms with Crippen LogP contribution in [0.1, 0.15) is 58.4 Å². The molecule has 8 nitrogen and oxygen atoms in total. The summed E-state index contributed by atoms with van der Waals surface area (Å²) in [5.41, 5.74) is 3.05. The lowest BCUT2D eigenvalue weighted by Gasteiger charge is -2.37. The van der Waals surface area contributed by atoms with Crippen LogP contribution in [-0.2, 0) is 6.42 Å². The Morgan fingerprint density at radius 3 is 2.31 bits per heavy atom. The smallest absolute Gasteiger partial charge is 0.255 e. The van der Waals surface area contributed by atoms with Gasteiger partial charge in [-0.2, -0.15) is 0 Å². The van der Waals surface area contributed by atoms with Crippen molar-refractivity contribution >= 4 is 34.9 Å². The summed E-state index contributed by atoms with van der Waals surface area (Å²) in [5, 5.41) is 6.66. The average molecular weight is 588 g/mol. The molecule has 0 atom stereocenters. The zero-order valence-corrected chi connectivity index (χ0v) is 24.6. The number of hydrogen-bond donors (Lipinski definition) is 2. The van der Waals surface area contributed by atoms with Crippen molar-refractivity contribution < 1.29 is 14.3 Å². The summed E-state index contributed by atoms with van der Waals surface area (Å²) in [7, 11) is 0. The molecular formula is C33H38ClN5O3. The summed E-state index contributed by atoms with van der Waals surface area (Å²) < 4.78 is 5.87. The van der Waals surface area contributed by atoms with Crippen molar-refractivity contribution in [3.05, 3.63) is 82.5 Å². The van der Waals surface area contributed by atoms with E-state index in [1.165, 1.54) is 12.0 Å². The minimum Gasteiger partial charge on any atom is -0.489 e. The summed E-state index contributed by atoms with van der Waals surface area (Å²) in [6.45, 7) is 5.98. The molecule has 3 heterocycles. The summed E-state index contributed by atoms with van der Waals surface area (Å²) in [4.78, 5) is 34.9. The zero-order chi connectivity index (χ0) is 28.9. The number of hydrogen-bond acceptors (Lipinski definition) is 6. The number of fused-ring (bicyclic) bond motifs is 1. The maximum Gasteiger partial charge on any atom is 0.255 e. The van der Waals surface area contributed by atoms with Crippen molar-refractivity contribution in [2.45, 2.75) is 44.6 Å². The number of carbonyl (C=O) groups excluding carboxylic acids is 2. The van der Waals surface area contributed by atoms with Crippen LogP contribution in [0.4, 0.5) is 11.5 Å². The summed E-state index contributed by atoms with van der Waals surface area (Å²) >= 11 is 5.90. The third kappa shape index (κ3) is 6.88. The van der Waals surface area contributed by atoms with E-state index in [9.17, 15) is 9.59 Å². The second-order valence-electron chi connectivity index (χ2n) is 11.6. The number of anilines is 2. The molecule has 0 bridgehead atoms. The normalized spacial score (nSPS) is 20.5. The Morgan fingerprint density at radius 1 is 0.881 bits per heavy atom. The van der Waals surface area contributed by atoms with E-state index in [2.05, 4.69) is 31.5 Å². The van der Waals surface area contributed by atoms with Gasteiger partial charge in [0, 0.05) is 72.2 Å². The Labute approximate surface area is 252 Å². The van der Waals surface area contributed by atoms with Gasteiger partial charge in [-0.05, 0) is 99.2 Å². The van der Waals surface area contributed by atoms with Gasteiger partial charge in [-0.3, -0.25) is 14.5 Å². The van der Waals surface area contributed by atoms with Gasteiger partial charge in [0.05, 0.1) is 6.61 Å². The second-order valence-corrected chi connectivity index (χ2v) is 12.0. The van der Waals surface area contributed by atoms with Gasteiger partial charge in [-0.15, -0.1) is 0 Å². The van der Waals surface area contributed by atoms with Crippen molar-refractivity contribution in [3.63, 3.8) is 0 Å². The van der Waals surface area contributed by atoms with Gasteiger partial charge in [-0.25, -0.2) is 4.98 Å². The highest BCUT2D eigenvalue weighted by molar-refractivity contribution is 6.30. The maximum absolute atomic E-state index is 12.9. The van der Waals surface area contributed by atoms with Gasteiger partial charge < -0.3 is 20.3 Å². The highest BCUT2D eigenvalue weighted by Gasteiger charge is 2.27. The Bertz CT molecular complexity index is 1380. The topological polar surface area (TPSA) is 86.8 Å². The average Bonchev–Trinajstić information content (AvgIpc) is 3.51. The number of amides is 2. The number of aromatic nitrogens is 1. The predicted molar refractivity (Wildman–Crippen MR) is 166 cm³/mol. The van der Waals surface area contributed by atoms with Crippen LogP contribution in [0.2, 0.25) is 5.02 Å². The molecule has 0 spiro atoms. The third-order valence-corrected chi connectivity index (χ3v) is 9.06. The van der Waals surface area contributed by atoms with Crippen molar-refractivity contribution in [3.8, 4) is 5.75 Å². The van der Waals surface area contributed by atoms with Crippen LogP contribution < -0.4 is 20.3 Å². The van der Waals surface area contributed by atoms with Crippen LogP contribution in [-0.4, -0.2) is 67.1 Å². The van der Waals surface area contributed by atoms with E-state index in [0.717, 1.165) is 83.0 Å². The van der Waals surface area contributed by atoms with Crippen LogP contribution in [0.5, 0.6) is 5.75 Å². The van der Waals surface area contributed by atoms with Gasteiger partial charge in [0.1, 0.15) is 0 Å². The molecule has 2 aliphatic heterocycles. The molecule has 42 heavy (non-hydrogen) atoms. The Kier molecular flexibility index (Phi) is 8.91. The van der Waals surface area contributed by atoms with E-state index in [-0.39, 0.29) is 17.9 Å². The lowest BCUT2D eigenvalue weighted by molar-refractivity contribution is 0.0919. The number of pyridine rings is 1. The number of halogens is 1. The quantitative estimate of drug-likeness (QED) is 0.366. The number of rotatable bonds is 8. The lowest BCUT2D eigenvalue weighted by atomic mass is 9.84. The molecule has 2 aromatic carbocycles. The van der Waals surface area contributed by atoms with Crippen molar-refractivity contribution in [1.29, 1.82) is 0 Å². The van der Waals surface area contributed by atoms with Crippen LogP contribution in [0.15, 0.2) is 60.8 Å². The number of benzene rings is 2. The van der Waals surface area contributed by atoms with Crippen LogP contribution >= 0.6 is 11.6 Å². The van der Waals surface area contributed by atoms with Gasteiger partial charge >= 0.3 is 0 Å². The molecular weight excluding hydrogens is 550 g/mol. The number of piperazine rings is 1. The molecule has 1 saturated carbocycles. The fourth-order valence-corrected chi connectivity index (χ4v) is 6.37. The van der Waals surface area contributed by atoms with Crippen molar-refractivity contribution in [2.24, 2.45) is 5.92 Å². The van der Waals surface area contributed by atoms with E-state index in [0.29, 0.717) is 27.8 Å². The number of ether oxygens (including phenoxy) is 1. The second kappa shape index (κ2) is 13.1. The molecule has 2 fully saturated rings. The molecule has 9 heteroatoms. The van der Waals surface area contributed by atoms with Crippen LogP contribution in [0.25, 0.3) is 0 Å². The zero-order valence-electron chi connectivity index (χ0n) is 23.9. The molecule has 2 amide bonds. The minimum absolute atomic E-state index is 0.0594. The fourth-order valence-electron chi connectivity index (χ4n) is 6.24. The standard InChI is InChI=1S/C33H38ClN5O3/c34-27-7-3-25(4-8-27)32(40)37-29-11-5-26(6-12-29)33(41)36-28-9-1-23(2-10-28)14-17-38-18-20-39(21-19-38)31-30-24(13-16-35-31)15-22-42-30/h3-8,11-13,16,23,28H,1-2,9-10,14-15,17-22H2,(H,36,41)(H,37,40). The summed E-state index contributed by atoms with van der Waals surface area (Å²) in [5.74, 6) is 2.45. The van der Waals surface area contributed by atoms with Crippen LogP contribution in [0, 0.1) is 5.92 Å². The Morgan fingerprint density at radius 2 is 1.57 bits per heavy atom. The first-order chi connectivity index (χ1) is 20.5. The van der Waals surface area contributed by atoms with Crippen molar-refractivity contribution in [2.75, 3.05) is 49.5 Å². The molecule has 220 valence electrons. The minimum atomic E-state index is -0.217. The molecule has 1 aromatic heterocycles. The van der Waals surface area contributed by atoms with E-state index in [1.54, 1.807) is 48.5 Å². The summed E-state index contributed by atoms with van der Waals surface area (Å²) in [6.07, 6.45) is 8.45. The van der Waals surface area contributed by atoms with Crippen LogP contribution in [0.3, 0.4) is 0 Å². The van der Waals surface area contributed by atoms with E-state index < -0.39 is 0 Å². The maximum atomic E-state index is 12.9. The molecule has 3 aliphatic rings. The van der Waals surface area contributed by atoms with Gasteiger partial charge in [-0.1, -0.05) is 11.6 Å². The Hall–Kier alpha value is -3.62. The highest BCUT2D eigenvalue weighted by Crippen LogP contribution is 2.34. The molecule has 1 aliphatic carbocycles. The molecule has 1 saturated heterocycles. The van der Waals surface area contributed by atoms with Gasteiger partial charge in [0.25, 0.3) is 11.8 Å². The summed E-state index contributed by atoms with van der Waals surface area (Å²) in [6, 6.07) is 16.1. The number of nitrogens with one attached hydrogen (secondary N) is 2. The molecule has 2 N–H and O–H groups in total. The largest absolute Gasteiger partial charge is 0.489 e. The first-order valence-corrected chi connectivity index (χ1v) is 15.5. The van der Waals surface area contributed by atoms with E-state index >= 15 is 0 Å². The molecule has 6 rings (SSSR count). The molecule has 3 aromatic rings. The molecule has 0 radical (unpaired) electrons. The third-order valence-electron chi connectivity index (χ3n) is 8.80. The molecule has 0 unspecified atom stereocenters. The number of carbonyl (C=O) groups is 2. The highest BCUT2D eigenvalue weighted by atomic mass is 35.5.